The van der Waals surface area contributed by atoms with E-state index in [0.717, 1.165) is 25.9 Å². The topological polar surface area (TPSA) is 60.8 Å². The van der Waals surface area contributed by atoms with Crippen LogP contribution < -0.4 is 5.32 Å². The molecule has 9 heavy (non-hydrogen) atoms. The summed E-state index contributed by atoms with van der Waals surface area (Å²) in [7, 11) is 0. The van der Waals surface area contributed by atoms with Crippen LogP contribution in [0.15, 0.2) is 5.11 Å². The molecular formula is C5H10N4. The zero-order chi connectivity index (χ0) is 6.53. The van der Waals surface area contributed by atoms with Crippen LogP contribution in [0.5, 0.6) is 0 Å². The molecule has 0 aromatic heterocycles. The van der Waals surface area contributed by atoms with Gasteiger partial charge >= 0.3 is 0 Å². The van der Waals surface area contributed by atoms with Gasteiger partial charge in [-0.15, -0.1) is 0 Å². The van der Waals surface area contributed by atoms with E-state index in [1.165, 1.54) is 0 Å². The average Bonchev–Trinajstić information content (AvgIpc) is 1.91. The van der Waals surface area contributed by atoms with Gasteiger partial charge in [0.25, 0.3) is 0 Å². The molecule has 0 bridgehead atoms. The second-order valence-corrected chi connectivity index (χ2v) is 2.21. The van der Waals surface area contributed by atoms with Crippen LogP contribution in [-0.2, 0) is 0 Å². The molecule has 1 fully saturated rings. The van der Waals surface area contributed by atoms with Crippen molar-refractivity contribution in [1.29, 1.82) is 0 Å². The summed E-state index contributed by atoms with van der Waals surface area (Å²) in [6, 6.07) is 0.198. The van der Waals surface area contributed by atoms with Crippen molar-refractivity contribution in [3.8, 4) is 0 Å². The molecule has 1 aliphatic rings. The third-order valence-electron chi connectivity index (χ3n) is 1.49. The first-order valence-electron chi connectivity index (χ1n) is 3.18. The highest BCUT2D eigenvalue weighted by molar-refractivity contribution is 4.74. The van der Waals surface area contributed by atoms with E-state index >= 15 is 0 Å². The van der Waals surface area contributed by atoms with E-state index in [4.69, 9.17) is 5.53 Å². The summed E-state index contributed by atoms with van der Waals surface area (Å²) in [6.45, 7) is 1.92. The van der Waals surface area contributed by atoms with Crippen molar-refractivity contribution in [2.45, 2.75) is 18.9 Å². The Labute approximate surface area is 53.9 Å². The van der Waals surface area contributed by atoms with E-state index in [1.807, 2.05) is 0 Å². The SMILES string of the molecule is [N-]=[N+]=NC1CCCNC1. The molecule has 4 nitrogen and oxygen atoms in total. The van der Waals surface area contributed by atoms with E-state index in [1.54, 1.807) is 0 Å². The van der Waals surface area contributed by atoms with Crippen molar-refractivity contribution in [2.75, 3.05) is 13.1 Å². The van der Waals surface area contributed by atoms with E-state index < -0.39 is 0 Å². The fraction of sp³-hybridized carbons (Fsp3) is 1.00. The minimum Gasteiger partial charge on any atom is -0.316 e. The fourth-order valence-corrected chi connectivity index (χ4v) is 1.01. The minimum atomic E-state index is 0.198. The number of piperidine rings is 1. The minimum absolute atomic E-state index is 0.198. The highest BCUT2D eigenvalue weighted by Crippen LogP contribution is 2.04. The van der Waals surface area contributed by atoms with Crippen molar-refractivity contribution in [3.63, 3.8) is 0 Å². The highest BCUT2D eigenvalue weighted by Gasteiger charge is 2.09. The van der Waals surface area contributed by atoms with Crippen LogP contribution in [0.1, 0.15) is 12.8 Å². The summed E-state index contributed by atoms with van der Waals surface area (Å²) in [5, 5.41) is 6.76. The third kappa shape index (κ3) is 1.91. The maximum absolute atomic E-state index is 8.05. The van der Waals surface area contributed by atoms with Gasteiger partial charge in [0.2, 0.25) is 0 Å². The predicted molar refractivity (Wildman–Crippen MR) is 35.0 cm³/mol. The molecule has 1 saturated heterocycles. The number of nitrogens with zero attached hydrogens (tertiary/aromatic N) is 3. The van der Waals surface area contributed by atoms with Crippen LogP contribution in [0.2, 0.25) is 0 Å². The summed E-state index contributed by atoms with van der Waals surface area (Å²) in [4.78, 5) is 2.74. The van der Waals surface area contributed by atoms with Gasteiger partial charge in [0.15, 0.2) is 0 Å². The molecular weight excluding hydrogens is 116 g/mol. The Kier molecular flexibility index (Phi) is 2.36. The lowest BCUT2D eigenvalue weighted by Gasteiger charge is -2.17. The Bertz CT molecular complexity index is 121. The van der Waals surface area contributed by atoms with E-state index in [2.05, 4.69) is 15.3 Å². The number of nitrogens with one attached hydrogen (secondary N) is 1. The number of hydrogen-bond acceptors (Lipinski definition) is 2. The van der Waals surface area contributed by atoms with Crippen LogP contribution in [-0.4, -0.2) is 19.1 Å². The molecule has 1 atom stereocenters. The van der Waals surface area contributed by atoms with Crippen molar-refractivity contribution >= 4 is 0 Å². The molecule has 0 saturated carbocycles. The van der Waals surface area contributed by atoms with E-state index in [9.17, 15) is 0 Å². The van der Waals surface area contributed by atoms with Crippen LogP contribution in [0.3, 0.4) is 0 Å². The summed E-state index contributed by atoms with van der Waals surface area (Å²) in [5.74, 6) is 0. The maximum Gasteiger partial charge on any atom is 0.0499 e. The monoisotopic (exact) mass is 126 g/mol. The smallest absolute Gasteiger partial charge is 0.0499 e. The molecule has 1 rings (SSSR count). The summed E-state index contributed by atoms with van der Waals surface area (Å²) >= 11 is 0. The van der Waals surface area contributed by atoms with Crippen molar-refractivity contribution in [3.05, 3.63) is 10.4 Å². The highest BCUT2D eigenvalue weighted by atomic mass is 15.2. The largest absolute Gasteiger partial charge is 0.316 e. The van der Waals surface area contributed by atoms with Gasteiger partial charge in [-0.3, -0.25) is 0 Å². The Morgan fingerprint density at radius 1 is 1.67 bits per heavy atom. The van der Waals surface area contributed by atoms with E-state index in [-0.39, 0.29) is 6.04 Å². The van der Waals surface area contributed by atoms with Gasteiger partial charge in [0.05, 0.1) is 0 Å². The zero-order valence-electron chi connectivity index (χ0n) is 5.25. The average molecular weight is 126 g/mol. The van der Waals surface area contributed by atoms with Gasteiger partial charge in [-0.1, -0.05) is 5.11 Å². The van der Waals surface area contributed by atoms with E-state index in [0.29, 0.717) is 0 Å². The van der Waals surface area contributed by atoms with Crippen LogP contribution >= 0.6 is 0 Å². The van der Waals surface area contributed by atoms with Crippen LogP contribution in [0.25, 0.3) is 10.4 Å². The Hall–Kier alpha value is -0.730. The summed E-state index contributed by atoms with van der Waals surface area (Å²) in [5.41, 5.74) is 8.05. The van der Waals surface area contributed by atoms with Gasteiger partial charge < -0.3 is 5.32 Å². The number of hydrogen-bond donors (Lipinski definition) is 1. The fourth-order valence-electron chi connectivity index (χ4n) is 1.01. The first kappa shape index (κ1) is 6.39. The quantitative estimate of drug-likeness (QED) is 0.318. The van der Waals surface area contributed by atoms with Gasteiger partial charge in [-0.2, -0.15) is 0 Å². The van der Waals surface area contributed by atoms with Gasteiger partial charge in [-0.05, 0) is 24.9 Å². The first-order valence-corrected chi connectivity index (χ1v) is 3.18. The van der Waals surface area contributed by atoms with Crippen LogP contribution in [0, 0.1) is 0 Å². The molecule has 1 unspecified atom stereocenters. The lowest BCUT2D eigenvalue weighted by molar-refractivity contribution is 0.458. The van der Waals surface area contributed by atoms with Crippen molar-refractivity contribution in [2.24, 2.45) is 5.11 Å². The molecule has 50 valence electrons. The van der Waals surface area contributed by atoms with Gasteiger partial charge in [0, 0.05) is 17.5 Å². The summed E-state index contributed by atoms with van der Waals surface area (Å²) < 4.78 is 0. The normalized spacial score (nSPS) is 26.9. The molecule has 0 spiro atoms. The van der Waals surface area contributed by atoms with Crippen LogP contribution in [0.4, 0.5) is 0 Å². The molecule has 0 aromatic rings. The first-order chi connectivity index (χ1) is 4.43. The molecule has 4 heteroatoms. The third-order valence-corrected chi connectivity index (χ3v) is 1.49. The second kappa shape index (κ2) is 3.33. The molecule has 1 N–H and O–H groups in total. The molecule has 0 aromatic carbocycles. The molecule has 0 aliphatic carbocycles. The Morgan fingerprint density at radius 3 is 3.11 bits per heavy atom. The predicted octanol–water partition coefficient (Wildman–Crippen LogP) is 1.05. The second-order valence-electron chi connectivity index (χ2n) is 2.21. The molecule has 0 radical (unpaired) electrons. The number of azide groups is 1. The van der Waals surface area contributed by atoms with Crippen molar-refractivity contribution < 1.29 is 0 Å². The molecule has 1 heterocycles. The maximum atomic E-state index is 8.05. The lowest BCUT2D eigenvalue weighted by atomic mass is 10.1. The Morgan fingerprint density at radius 2 is 2.56 bits per heavy atom. The molecule has 1 aliphatic heterocycles. The summed E-state index contributed by atoms with van der Waals surface area (Å²) in [6.07, 6.45) is 2.17. The molecule has 0 amide bonds. The lowest BCUT2D eigenvalue weighted by Crippen LogP contribution is -2.31. The number of rotatable bonds is 1. The standard InChI is InChI=1S/C5H10N4/c6-9-8-5-2-1-3-7-4-5/h5,7H,1-4H2. The van der Waals surface area contributed by atoms with Gasteiger partial charge in [-0.25, -0.2) is 0 Å². The Balaban J connectivity index is 2.31. The van der Waals surface area contributed by atoms with Crippen molar-refractivity contribution in [1.82, 2.24) is 5.32 Å². The van der Waals surface area contributed by atoms with Gasteiger partial charge in [0.1, 0.15) is 0 Å². The zero-order valence-corrected chi connectivity index (χ0v) is 5.25.